The predicted molar refractivity (Wildman–Crippen MR) is 291 cm³/mol. The minimum Gasteiger partial charge on any atom is -0.376 e. The Labute approximate surface area is 412 Å². The van der Waals surface area contributed by atoms with Crippen LogP contribution in [0.3, 0.4) is 0 Å². The van der Waals surface area contributed by atoms with Crippen LogP contribution in [0.25, 0.3) is 49.4 Å². The van der Waals surface area contributed by atoms with Crippen LogP contribution in [0.2, 0.25) is 0 Å². The van der Waals surface area contributed by atoms with Gasteiger partial charge in [-0.1, -0.05) is 153 Å². The van der Waals surface area contributed by atoms with Gasteiger partial charge in [-0.15, -0.1) is 0 Å². The lowest BCUT2D eigenvalue weighted by atomic mass is 9.41. The van der Waals surface area contributed by atoms with Gasteiger partial charge in [0.15, 0.2) is 0 Å². The summed E-state index contributed by atoms with van der Waals surface area (Å²) in [4.78, 5) is 2.87. The van der Waals surface area contributed by atoms with Crippen LogP contribution in [-0.2, 0) is 16.2 Å². The first kappa shape index (κ1) is 39.4. The first-order chi connectivity index (χ1) is 34.5. The van der Waals surface area contributed by atoms with E-state index in [1.807, 2.05) is 0 Å². The number of hydrogen-bond donors (Lipinski definition) is 0. The summed E-state index contributed by atoms with van der Waals surface area (Å²) in [5, 5.41) is 5.65. The van der Waals surface area contributed by atoms with Gasteiger partial charge in [-0.2, -0.15) is 0 Å². The van der Waals surface area contributed by atoms with Crippen molar-refractivity contribution in [3.63, 3.8) is 0 Å². The first-order valence-electron chi connectivity index (χ1n) is 27.3. The van der Waals surface area contributed by atoms with Crippen molar-refractivity contribution in [1.29, 1.82) is 0 Å². The number of para-hydroxylation sites is 2. The third kappa shape index (κ3) is 4.88. The highest BCUT2D eigenvalue weighted by Crippen LogP contribution is 2.63. The molecule has 2 nitrogen and oxygen atoms in total. The molecule has 3 heteroatoms. The number of hydrogen-bond acceptors (Lipinski definition) is 1. The quantitative estimate of drug-likeness (QED) is 0.156. The van der Waals surface area contributed by atoms with Gasteiger partial charge in [-0.25, -0.2) is 0 Å². The maximum atomic E-state index is 2.87. The van der Waals surface area contributed by atoms with Gasteiger partial charge < -0.3 is 9.38 Å². The number of nitrogens with zero attached hydrogens (tertiary/aromatic N) is 2. The SMILES string of the molecule is CCC1(c2ccc3c(c2)c2cc(C45CC6CC(CC(C6)C4)C5)cc4c2n3-c2c3c(cc5ccccc25)-c2cccc5c2N(B34)c2ccccc2C5(c2ccccc2)c2ccccc2)CC2CCC(C2)C1. The molecule has 0 saturated heterocycles. The zero-order valence-corrected chi connectivity index (χ0v) is 40.4. The zero-order valence-electron chi connectivity index (χ0n) is 40.4. The molecule has 2 unspecified atom stereocenters. The normalized spacial score (nSPS) is 27.8. The van der Waals surface area contributed by atoms with E-state index >= 15 is 0 Å². The molecule has 9 aromatic rings. The molecular formula is C67H59BN2. The lowest BCUT2D eigenvalue weighted by Gasteiger charge is -2.57. The third-order valence-corrected chi connectivity index (χ3v) is 20.9. The number of aromatic nitrogens is 1. The van der Waals surface area contributed by atoms with Gasteiger partial charge in [-0.05, 0) is 190 Å². The largest absolute Gasteiger partial charge is 0.376 e. The fourth-order valence-electron chi connectivity index (χ4n) is 18.7. The summed E-state index contributed by atoms with van der Waals surface area (Å²) in [6.07, 6.45) is 16.7. The van der Waals surface area contributed by atoms with E-state index in [1.54, 1.807) is 11.1 Å². The molecule has 6 fully saturated rings. The Bertz CT molecular complexity index is 3620. The van der Waals surface area contributed by atoms with E-state index in [9.17, 15) is 0 Å². The standard InChI is InChI=1S/C67H59BN2/c1-2-65(36-41-24-25-42(28-41)37-65)49-26-27-59-53(33-49)55-34-50(66-38-43-29-44(39-66)31-45(30-43)40-66)35-58-63(55)69(59)64-51-19-10-9-14-46(51)32-54-52-20-13-22-57-62(52)70(68(58)61(54)64)60-23-12-11-21-56(60)67(57,47-15-5-3-6-16-47)48-17-7-4-8-18-48/h3-23,26-27,32-35,41-45H,2,24-25,28-31,36-40H2,1H3. The highest BCUT2D eigenvalue weighted by Gasteiger charge is 2.56. The van der Waals surface area contributed by atoms with E-state index in [-0.39, 0.29) is 17.7 Å². The van der Waals surface area contributed by atoms with Crippen LogP contribution in [0.1, 0.15) is 117 Å². The summed E-state index contributed by atoms with van der Waals surface area (Å²) in [6.45, 7) is 2.49. The van der Waals surface area contributed by atoms with Gasteiger partial charge in [0.1, 0.15) is 0 Å². The summed E-state index contributed by atoms with van der Waals surface area (Å²) < 4.78 is 2.80. The van der Waals surface area contributed by atoms with Crippen LogP contribution in [0.15, 0.2) is 164 Å². The van der Waals surface area contributed by atoms with Crippen molar-refractivity contribution in [1.82, 2.24) is 4.57 Å². The van der Waals surface area contributed by atoms with Crippen molar-refractivity contribution in [3.05, 3.63) is 197 Å². The molecule has 9 aliphatic rings. The van der Waals surface area contributed by atoms with E-state index < -0.39 is 5.41 Å². The second-order valence-electron chi connectivity index (χ2n) is 24.2. The number of benzene rings is 8. The Kier molecular flexibility index (Phi) is 7.74. The molecule has 0 amide bonds. The minimum atomic E-state index is -0.525. The molecule has 4 heterocycles. The fraction of sp³-hybridized carbons (Fsp3) is 0.313. The monoisotopic (exact) mass is 902 g/mol. The van der Waals surface area contributed by atoms with Crippen molar-refractivity contribution in [2.45, 2.75) is 100 Å². The summed E-state index contributed by atoms with van der Waals surface area (Å²) in [5.41, 5.74) is 21.2. The van der Waals surface area contributed by atoms with E-state index in [0.717, 1.165) is 29.6 Å². The highest BCUT2D eigenvalue weighted by molar-refractivity contribution is 6.94. The van der Waals surface area contributed by atoms with Crippen LogP contribution in [0.4, 0.5) is 11.4 Å². The van der Waals surface area contributed by atoms with Gasteiger partial charge in [-0.3, -0.25) is 0 Å². The van der Waals surface area contributed by atoms with Crippen molar-refractivity contribution >= 4 is 61.7 Å². The van der Waals surface area contributed by atoms with Crippen LogP contribution in [0, 0.1) is 29.6 Å². The summed E-state index contributed by atoms with van der Waals surface area (Å²) in [7, 11) is 0. The Morgan fingerprint density at radius 2 is 1.14 bits per heavy atom. The molecule has 0 spiro atoms. The van der Waals surface area contributed by atoms with Crippen LogP contribution < -0.4 is 15.7 Å². The smallest absolute Gasteiger partial charge is 0.333 e. The second-order valence-corrected chi connectivity index (χ2v) is 24.2. The highest BCUT2D eigenvalue weighted by atomic mass is 15.1. The van der Waals surface area contributed by atoms with Gasteiger partial charge >= 0.3 is 6.85 Å². The van der Waals surface area contributed by atoms with E-state index in [2.05, 4.69) is 180 Å². The second kappa shape index (κ2) is 13.8. The van der Waals surface area contributed by atoms with Crippen molar-refractivity contribution in [3.8, 4) is 16.8 Å². The Hall–Kier alpha value is -6.32. The molecule has 1 aromatic heterocycles. The molecule has 8 aromatic carbocycles. The fourth-order valence-corrected chi connectivity index (χ4v) is 18.7. The summed E-state index contributed by atoms with van der Waals surface area (Å²) in [6, 6.07) is 65.3. The van der Waals surface area contributed by atoms with Gasteiger partial charge in [0, 0.05) is 33.1 Å². The predicted octanol–water partition coefficient (Wildman–Crippen LogP) is 15.2. The van der Waals surface area contributed by atoms with Crippen molar-refractivity contribution < 1.29 is 0 Å². The van der Waals surface area contributed by atoms with Gasteiger partial charge in [0.25, 0.3) is 0 Å². The molecule has 3 aliphatic heterocycles. The summed E-state index contributed by atoms with van der Waals surface area (Å²) >= 11 is 0. The van der Waals surface area contributed by atoms with Crippen LogP contribution in [-0.4, -0.2) is 11.4 Å². The van der Waals surface area contributed by atoms with Crippen LogP contribution in [0.5, 0.6) is 0 Å². The number of fused-ring (bicyclic) bond motifs is 13. The molecule has 6 saturated carbocycles. The molecule has 70 heavy (non-hydrogen) atoms. The molecule has 0 N–H and O–H groups in total. The Morgan fingerprint density at radius 3 is 1.87 bits per heavy atom. The Balaban J connectivity index is 1.02. The molecule has 2 atom stereocenters. The molecule has 6 bridgehead atoms. The maximum absolute atomic E-state index is 2.87. The number of anilines is 2. The lowest BCUT2D eigenvalue weighted by molar-refractivity contribution is -0.00509. The average Bonchev–Trinajstić information content (AvgIpc) is 3.94. The Morgan fingerprint density at radius 1 is 0.500 bits per heavy atom. The zero-order chi connectivity index (χ0) is 45.7. The van der Waals surface area contributed by atoms with E-state index in [0.29, 0.717) is 0 Å². The van der Waals surface area contributed by atoms with Crippen molar-refractivity contribution in [2.75, 3.05) is 4.81 Å². The molecule has 18 rings (SSSR count). The minimum absolute atomic E-state index is 0.0162. The molecular weight excluding hydrogens is 844 g/mol. The van der Waals surface area contributed by atoms with Crippen LogP contribution >= 0.6 is 0 Å². The molecule has 340 valence electrons. The van der Waals surface area contributed by atoms with E-state index in [4.69, 9.17) is 0 Å². The van der Waals surface area contributed by atoms with Crippen molar-refractivity contribution in [2.24, 2.45) is 29.6 Å². The average molecular weight is 903 g/mol. The molecule has 0 radical (unpaired) electrons. The van der Waals surface area contributed by atoms with Gasteiger partial charge in [0.2, 0.25) is 0 Å². The third-order valence-electron chi connectivity index (χ3n) is 20.9. The maximum Gasteiger partial charge on any atom is 0.333 e. The van der Waals surface area contributed by atoms with E-state index in [1.165, 1.54) is 171 Å². The lowest BCUT2D eigenvalue weighted by Crippen LogP contribution is -2.62. The summed E-state index contributed by atoms with van der Waals surface area (Å²) in [5.74, 6) is 4.38. The number of rotatable bonds is 5. The first-order valence-corrected chi connectivity index (χ1v) is 27.3. The molecule has 6 aliphatic carbocycles. The van der Waals surface area contributed by atoms with Gasteiger partial charge in [0.05, 0.1) is 22.1 Å². The topological polar surface area (TPSA) is 8.17 Å².